The molecule has 0 aliphatic carbocycles. The largest absolute Gasteiger partial charge is 3.00 e. The van der Waals surface area contributed by atoms with E-state index < -0.39 is 19.2 Å². The summed E-state index contributed by atoms with van der Waals surface area (Å²) in [5.41, 5.74) is 6.00. The van der Waals surface area contributed by atoms with Gasteiger partial charge < -0.3 is 0 Å². The molecule has 1 aromatic heterocycles. The number of pyridine rings is 1. The van der Waals surface area contributed by atoms with Crippen molar-refractivity contribution in [3.05, 3.63) is 145 Å². The van der Waals surface area contributed by atoms with E-state index in [0.29, 0.717) is 0 Å². The Labute approximate surface area is 240 Å². The van der Waals surface area contributed by atoms with Crippen LogP contribution < -0.4 is 4.40 Å². The van der Waals surface area contributed by atoms with Crippen molar-refractivity contribution in [3.8, 4) is 22.4 Å². The van der Waals surface area contributed by atoms with Crippen molar-refractivity contribution >= 4 is 17.7 Å². The van der Waals surface area contributed by atoms with Crippen molar-refractivity contribution in [2.24, 2.45) is 0 Å². The van der Waals surface area contributed by atoms with Crippen molar-refractivity contribution in [2.75, 3.05) is 0 Å². The molecule has 1 nitrogen and oxygen atoms in total. The number of rotatable bonds is 5. The summed E-state index contributed by atoms with van der Waals surface area (Å²) in [6.07, 6.45) is 2.04. The summed E-state index contributed by atoms with van der Waals surface area (Å²) in [4.78, 5) is 4.53. The first-order chi connectivity index (χ1) is 17.7. The Morgan fingerprint density at radius 1 is 0.676 bits per heavy atom. The van der Waals surface area contributed by atoms with Crippen LogP contribution in [-0.4, -0.2) is 18.3 Å². The van der Waals surface area contributed by atoms with Gasteiger partial charge in [-0.05, 0) is 11.5 Å². The maximum atomic E-state index is 8.74. The van der Waals surface area contributed by atoms with Crippen molar-refractivity contribution in [3.63, 3.8) is 0 Å². The van der Waals surface area contributed by atoms with Crippen LogP contribution in [0, 0.1) is 18.2 Å². The molecule has 5 aromatic rings. The quantitative estimate of drug-likeness (QED) is 0.132. The van der Waals surface area contributed by atoms with Gasteiger partial charge in [0.05, 0.1) is 0 Å². The molecule has 4 aromatic carbocycles. The van der Waals surface area contributed by atoms with Gasteiger partial charge in [0, 0.05) is 1.37 Å². The smallest absolute Gasteiger partial charge is 3.00 e. The molecule has 0 saturated carbocycles. The van der Waals surface area contributed by atoms with E-state index in [1.807, 2.05) is 110 Å². The van der Waals surface area contributed by atoms with E-state index in [9.17, 15) is 0 Å². The Morgan fingerprint density at radius 2 is 1.30 bits per heavy atom. The van der Waals surface area contributed by atoms with Crippen LogP contribution in [0.4, 0.5) is 0 Å². The maximum absolute atomic E-state index is 8.74. The van der Waals surface area contributed by atoms with Crippen molar-refractivity contribution in [2.45, 2.75) is 30.1 Å². The summed E-state index contributed by atoms with van der Waals surface area (Å²) >= 11 is -1.72. The molecular formula is C34H32GeIrN. The van der Waals surface area contributed by atoms with Gasteiger partial charge in [-0.1, -0.05) is 37.3 Å². The number of hydrogen-bond acceptors (Lipinski definition) is 1. The summed E-state index contributed by atoms with van der Waals surface area (Å²) in [7, 11) is 0. The Hall–Kier alpha value is -2.78. The molecule has 0 fully saturated rings. The Kier molecular flexibility index (Phi) is 10.1. The van der Waals surface area contributed by atoms with E-state index in [1.165, 1.54) is 4.40 Å². The molecule has 0 aliphatic rings. The topological polar surface area (TPSA) is 12.9 Å². The zero-order valence-corrected chi connectivity index (χ0v) is 26.2. The van der Waals surface area contributed by atoms with Crippen LogP contribution in [-0.2, 0) is 20.1 Å². The van der Waals surface area contributed by atoms with E-state index in [2.05, 4.69) is 52.6 Å². The van der Waals surface area contributed by atoms with Gasteiger partial charge >= 0.3 is 120 Å². The van der Waals surface area contributed by atoms with Crippen LogP contribution in [0.25, 0.3) is 22.4 Å². The van der Waals surface area contributed by atoms with Crippen LogP contribution in [0.15, 0.2) is 115 Å². The van der Waals surface area contributed by atoms with Crippen molar-refractivity contribution in [1.82, 2.24) is 4.98 Å². The SMILES string of the molecule is [2H]C(C)(c1ccccc1)c1cc[c-]c(-c2[c-]cccc2)c1.[CH3][Ge]([CH3])([CH3])[c]1ccc(-c2[c-]cccc2)nc1.[Ir+3]. The molecule has 37 heavy (non-hydrogen) atoms. The van der Waals surface area contributed by atoms with Crippen molar-refractivity contribution < 1.29 is 21.5 Å². The second-order valence-electron chi connectivity index (χ2n) is 9.72. The third kappa shape index (κ3) is 8.10. The van der Waals surface area contributed by atoms with Gasteiger partial charge in [0.15, 0.2) is 0 Å². The molecule has 186 valence electrons. The van der Waals surface area contributed by atoms with E-state index in [1.54, 1.807) is 0 Å². The van der Waals surface area contributed by atoms with Crippen molar-refractivity contribution in [1.29, 1.82) is 0 Å². The Bertz CT molecular complexity index is 1400. The van der Waals surface area contributed by atoms with Gasteiger partial charge in [-0.2, -0.15) is 42.5 Å². The Morgan fingerprint density at radius 3 is 1.86 bits per heavy atom. The molecule has 1 heterocycles. The van der Waals surface area contributed by atoms with Crippen LogP contribution in [0.1, 0.15) is 25.3 Å². The molecular weight excluding hydrogens is 687 g/mol. The standard InChI is InChI=1S/C20H16.C14H16GeN.Ir/c1-16(17-9-4-2-5-10-17)19-13-8-14-20(15-19)18-11-6-3-7-12-18;1-15(2,3)13-9-10-14(16-11-13)12-7-5-4-6-8-12;/h2-11,13,15-16H,1H3;4-7,9-11H,1-3H3;/q-2;-1;+3/i16D;;. The third-order valence-electron chi connectivity index (χ3n) is 6.06. The molecule has 0 bridgehead atoms. The molecule has 1 atom stereocenters. The van der Waals surface area contributed by atoms with E-state index in [4.69, 9.17) is 1.37 Å². The van der Waals surface area contributed by atoms with Crippen LogP contribution in [0.3, 0.4) is 0 Å². The summed E-state index contributed by atoms with van der Waals surface area (Å²) in [5.74, 6) is 6.36. The summed E-state index contributed by atoms with van der Waals surface area (Å²) in [6.45, 7) is 1.93. The van der Waals surface area contributed by atoms with Crippen LogP contribution in [0.2, 0.25) is 17.3 Å². The number of benzene rings is 4. The first kappa shape index (κ1) is 27.3. The Balaban J connectivity index is 0.000000213. The first-order valence-electron chi connectivity index (χ1n) is 12.7. The molecule has 0 saturated heterocycles. The maximum Gasteiger partial charge on any atom is 3.00 e. The number of hydrogen-bond donors (Lipinski definition) is 0. The van der Waals surface area contributed by atoms with Gasteiger partial charge in [-0.3, -0.25) is 0 Å². The minimum atomic E-state index is -1.72. The van der Waals surface area contributed by atoms with Gasteiger partial charge in [0.2, 0.25) is 0 Å². The van der Waals surface area contributed by atoms with E-state index in [0.717, 1.165) is 33.5 Å². The van der Waals surface area contributed by atoms with E-state index in [-0.39, 0.29) is 20.1 Å². The predicted molar refractivity (Wildman–Crippen MR) is 155 cm³/mol. The zero-order chi connectivity index (χ0) is 26.3. The zero-order valence-electron chi connectivity index (χ0n) is 22.8. The van der Waals surface area contributed by atoms with Crippen LogP contribution in [0.5, 0.6) is 0 Å². The van der Waals surface area contributed by atoms with Gasteiger partial charge in [-0.15, -0.1) is 17.7 Å². The monoisotopic (exact) mass is 722 g/mol. The second-order valence-corrected chi connectivity index (χ2v) is 20.4. The van der Waals surface area contributed by atoms with E-state index >= 15 is 0 Å². The minimum absolute atomic E-state index is 0. The molecule has 0 N–H and O–H groups in total. The fraction of sp³-hybridized carbons (Fsp3) is 0.147. The summed E-state index contributed by atoms with van der Waals surface area (Å²) in [6, 6.07) is 45.6. The minimum Gasteiger partial charge on any atom is 3.00 e. The molecule has 0 amide bonds. The number of aromatic nitrogens is 1. The molecule has 0 radical (unpaired) electrons. The van der Waals surface area contributed by atoms with Crippen LogP contribution >= 0.6 is 0 Å². The molecule has 5 rings (SSSR count). The van der Waals surface area contributed by atoms with Gasteiger partial charge in [0.25, 0.3) is 0 Å². The normalized spacial score (nSPS) is 12.7. The average molecular weight is 720 g/mol. The first-order valence-corrected chi connectivity index (χ1v) is 19.6. The molecule has 3 heteroatoms. The molecule has 0 aliphatic heterocycles. The average Bonchev–Trinajstić information content (AvgIpc) is 2.94. The van der Waals surface area contributed by atoms with Gasteiger partial charge in [0.1, 0.15) is 0 Å². The third-order valence-corrected chi connectivity index (χ3v) is 10.3. The fourth-order valence-corrected chi connectivity index (χ4v) is 5.99. The summed E-state index contributed by atoms with van der Waals surface area (Å²) in [5, 5.41) is 0. The molecule has 0 spiro atoms. The molecule has 1 unspecified atom stereocenters. The fourth-order valence-electron chi connectivity index (χ4n) is 3.82. The second kappa shape index (κ2) is 13.7. The predicted octanol–water partition coefficient (Wildman–Crippen LogP) is 8.20. The van der Waals surface area contributed by atoms with Gasteiger partial charge in [-0.25, -0.2) is 11.1 Å². The summed E-state index contributed by atoms with van der Waals surface area (Å²) < 4.78 is 10.2. The number of nitrogens with zero attached hydrogens (tertiary/aromatic N) is 1.